The van der Waals surface area contributed by atoms with E-state index in [1.165, 1.54) is 17.0 Å². The number of hydrogen-bond donors (Lipinski definition) is 1. The molecule has 2 unspecified atom stereocenters. The van der Waals surface area contributed by atoms with Crippen molar-refractivity contribution < 1.29 is 0 Å². The summed E-state index contributed by atoms with van der Waals surface area (Å²) in [6.45, 7) is 8.16. The van der Waals surface area contributed by atoms with Crippen LogP contribution in [0.4, 0.5) is 0 Å². The molecule has 4 rings (SSSR count). The maximum atomic E-state index is 5.76. The Morgan fingerprint density at radius 2 is 1.82 bits per heavy atom. The number of pyridine rings is 2. The lowest BCUT2D eigenvalue weighted by molar-refractivity contribution is 0.307. The van der Waals surface area contributed by atoms with Gasteiger partial charge in [0.25, 0.3) is 0 Å². The van der Waals surface area contributed by atoms with Crippen molar-refractivity contribution >= 4 is 17.3 Å². The van der Waals surface area contributed by atoms with Crippen molar-refractivity contribution in [3.8, 4) is 0 Å². The summed E-state index contributed by atoms with van der Waals surface area (Å²) in [5.41, 5.74) is 5.84. The average Bonchev–Trinajstić information content (AvgIpc) is 3.19. The first kappa shape index (κ1) is 18.6. The van der Waals surface area contributed by atoms with Crippen LogP contribution in [0.1, 0.15) is 47.3 Å². The highest BCUT2D eigenvalue weighted by molar-refractivity contribution is 7.80. The van der Waals surface area contributed by atoms with Gasteiger partial charge in [-0.2, -0.15) is 0 Å². The van der Waals surface area contributed by atoms with E-state index in [1.807, 2.05) is 42.7 Å². The van der Waals surface area contributed by atoms with Crippen LogP contribution in [0.25, 0.3) is 0 Å². The Kier molecular flexibility index (Phi) is 5.13. The largest absolute Gasteiger partial charge is 0.352 e. The molecule has 6 heteroatoms. The molecule has 0 aromatic carbocycles. The molecule has 0 saturated carbocycles. The van der Waals surface area contributed by atoms with Crippen LogP contribution in [0.15, 0.2) is 54.9 Å². The summed E-state index contributed by atoms with van der Waals surface area (Å²) in [7, 11) is 0. The van der Waals surface area contributed by atoms with Crippen LogP contribution in [0, 0.1) is 13.8 Å². The Morgan fingerprint density at radius 1 is 1.07 bits per heavy atom. The van der Waals surface area contributed by atoms with Crippen LogP contribution in [-0.2, 0) is 13.1 Å². The average molecular weight is 392 g/mol. The molecule has 1 saturated heterocycles. The highest BCUT2D eigenvalue weighted by Gasteiger charge is 2.41. The van der Waals surface area contributed by atoms with Gasteiger partial charge in [-0.1, -0.05) is 12.1 Å². The van der Waals surface area contributed by atoms with Gasteiger partial charge in [-0.3, -0.25) is 9.97 Å². The predicted molar refractivity (Wildman–Crippen MR) is 115 cm³/mol. The third-order valence-corrected chi connectivity index (χ3v) is 5.86. The van der Waals surface area contributed by atoms with Crippen LogP contribution in [0.3, 0.4) is 0 Å². The maximum Gasteiger partial charge on any atom is 0.170 e. The minimum absolute atomic E-state index is 0.00298. The van der Waals surface area contributed by atoms with Crippen molar-refractivity contribution in [2.75, 3.05) is 0 Å². The second kappa shape index (κ2) is 7.72. The molecule has 3 aromatic heterocycles. The third kappa shape index (κ3) is 3.29. The van der Waals surface area contributed by atoms with Crippen LogP contribution >= 0.6 is 12.2 Å². The van der Waals surface area contributed by atoms with E-state index in [-0.39, 0.29) is 12.1 Å². The molecule has 1 fully saturated rings. The van der Waals surface area contributed by atoms with Gasteiger partial charge in [0.05, 0.1) is 30.0 Å². The van der Waals surface area contributed by atoms with Gasteiger partial charge in [0.1, 0.15) is 0 Å². The van der Waals surface area contributed by atoms with E-state index in [2.05, 4.69) is 57.7 Å². The molecular weight excluding hydrogens is 366 g/mol. The van der Waals surface area contributed by atoms with Gasteiger partial charge in [-0.15, -0.1) is 0 Å². The molecule has 5 nitrogen and oxygen atoms in total. The van der Waals surface area contributed by atoms with Crippen molar-refractivity contribution in [2.45, 2.75) is 45.9 Å². The monoisotopic (exact) mass is 391 g/mol. The Labute approximate surface area is 171 Å². The molecule has 0 amide bonds. The lowest BCUT2D eigenvalue weighted by Gasteiger charge is -2.28. The van der Waals surface area contributed by atoms with Crippen molar-refractivity contribution in [3.63, 3.8) is 0 Å². The predicted octanol–water partition coefficient (Wildman–Crippen LogP) is 4.09. The fourth-order valence-electron chi connectivity index (χ4n) is 4.19. The summed E-state index contributed by atoms with van der Waals surface area (Å²) in [6, 6.07) is 14.4. The summed E-state index contributed by atoms with van der Waals surface area (Å²) >= 11 is 5.76. The number of aromatic nitrogens is 3. The van der Waals surface area contributed by atoms with E-state index in [0.717, 1.165) is 23.0 Å². The molecule has 1 aliphatic rings. The highest BCUT2D eigenvalue weighted by Crippen LogP contribution is 2.41. The molecule has 28 heavy (non-hydrogen) atoms. The maximum absolute atomic E-state index is 5.76. The number of nitrogens with one attached hydrogen (secondary N) is 1. The summed E-state index contributed by atoms with van der Waals surface area (Å²) in [5.74, 6) is 0. The third-order valence-electron chi connectivity index (χ3n) is 5.50. The molecule has 0 spiro atoms. The smallest absolute Gasteiger partial charge is 0.170 e. The lowest BCUT2D eigenvalue weighted by Crippen LogP contribution is -2.29. The zero-order valence-corrected chi connectivity index (χ0v) is 17.3. The normalized spacial score (nSPS) is 19.1. The van der Waals surface area contributed by atoms with Gasteiger partial charge < -0.3 is 14.8 Å². The molecule has 1 N–H and O–H groups in total. The summed E-state index contributed by atoms with van der Waals surface area (Å²) in [5, 5.41) is 4.26. The van der Waals surface area contributed by atoms with E-state index in [1.54, 1.807) is 0 Å². The minimum Gasteiger partial charge on any atom is -0.352 e. The van der Waals surface area contributed by atoms with E-state index < -0.39 is 0 Å². The van der Waals surface area contributed by atoms with Gasteiger partial charge in [0.15, 0.2) is 5.11 Å². The quantitative estimate of drug-likeness (QED) is 0.664. The van der Waals surface area contributed by atoms with Crippen molar-refractivity contribution in [1.29, 1.82) is 0 Å². The molecule has 0 radical (unpaired) electrons. The Hall–Kier alpha value is -2.73. The second-order valence-electron chi connectivity index (χ2n) is 7.15. The number of thiocarbonyl (C=S) groups is 1. The van der Waals surface area contributed by atoms with E-state index in [4.69, 9.17) is 12.2 Å². The van der Waals surface area contributed by atoms with Crippen LogP contribution in [0.5, 0.6) is 0 Å². The van der Waals surface area contributed by atoms with Crippen molar-refractivity contribution in [2.24, 2.45) is 0 Å². The lowest BCUT2D eigenvalue weighted by atomic mass is 9.96. The highest BCUT2D eigenvalue weighted by atomic mass is 32.1. The van der Waals surface area contributed by atoms with Crippen molar-refractivity contribution in [3.05, 3.63) is 83.2 Å². The summed E-state index contributed by atoms with van der Waals surface area (Å²) < 4.78 is 2.35. The van der Waals surface area contributed by atoms with Gasteiger partial charge in [0, 0.05) is 30.3 Å². The first-order chi connectivity index (χ1) is 13.6. The Morgan fingerprint density at radius 3 is 2.43 bits per heavy atom. The standard InChI is InChI=1S/C22H25N5S/c1-4-26-15(2)13-18(16(26)3)21-20(19-10-6-8-12-24-19)25-22(28)27(21)14-17-9-5-7-11-23-17/h5-13,20-21H,4,14H2,1-3H3,(H,25,28). The van der Waals surface area contributed by atoms with Gasteiger partial charge >= 0.3 is 0 Å². The first-order valence-corrected chi connectivity index (χ1v) is 10.1. The zero-order chi connectivity index (χ0) is 19.7. The van der Waals surface area contributed by atoms with Crippen molar-refractivity contribution in [1.82, 2.24) is 24.8 Å². The molecule has 3 aromatic rings. The fraction of sp³-hybridized carbons (Fsp3) is 0.318. The molecular formula is C22H25N5S. The first-order valence-electron chi connectivity index (χ1n) is 9.64. The van der Waals surface area contributed by atoms with E-state index in [9.17, 15) is 0 Å². The number of hydrogen-bond acceptors (Lipinski definition) is 3. The van der Waals surface area contributed by atoms with E-state index in [0.29, 0.717) is 6.54 Å². The van der Waals surface area contributed by atoms with Gasteiger partial charge in [0.2, 0.25) is 0 Å². The van der Waals surface area contributed by atoms with Crippen LogP contribution < -0.4 is 5.32 Å². The fourth-order valence-corrected chi connectivity index (χ4v) is 4.50. The summed E-state index contributed by atoms with van der Waals surface area (Å²) in [6.07, 6.45) is 3.67. The zero-order valence-electron chi connectivity index (χ0n) is 16.5. The topological polar surface area (TPSA) is 46.0 Å². The van der Waals surface area contributed by atoms with Gasteiger partial charge in [-0.25, -0.2) is 0 Å². The Balaban J connectivity index is 1.80. The summed E-state index contributed by atoms with van der Waals surface area (Å²) in [4.78, 5) is 11.4. The van der Waals surface area contributed by atoms with Crippen LogP contribution in [0.2, 0.25) is 0 Å². The molecule has 0 bridgehead atoms. The number of aryl methyl sites for hydroxylation is 1. The molecule has 1 aliphatic heterocycles. The SMILES string of the molecule is CCn1c(C)cc(C2C(c3ccccn3)NC(=S)N2Cc2ccccn2)c1C. The molecule has 4 heterocycles. The number of nitrogens with zero attached hydrogens (tertiary/aromatic N) is 4. The molecule has 2 atom stereocenters. The molecule has 144 valence electrons. The second-order valence-corrected chi connectivity index (χ2v) is 7.53. The minimum atomic E-state index is 0.00298. The molecule has 0 aliphatic carbocycles. The number of rotatable bonds is 5. The van der Waals surface area contributed by atoms with E-state index >= 15 is 0 Å². The van der Waals surface area contributed by atoms with Gasteiger partial charge in [-0.05, 0) is 68.9 Å². The Bertz CT molecular complexity index is 967. The van der Waals surface area contributed by atoms with Crippen LogP contribution in [-0.4, -0.2) is 24.5 Å².